The van der Waals surface area contributed by atoms with E-state index in [1.165, 1.54) is 11.1 Å². The summed E-state index contributed by atoms with van der Waals surface area (Å²) in [6, 6.07) is 28.8. The molecule has 0 saturated carbocycles. The van der Waals surface area contributed by atoms with Gasteiger partial charge in [-0.05, 0) is 105 Å². The Morgan fingerprint density at radius 1 is 0.694 bits per heavy atom. The Labute approximate surface area is 288 Å². The molecule has 248 valence electrons. The number of benzene rings is 4. The van der Waals surface area contributed by atoms with Gasteiger partial charge in [-0.25, -0.2) is 0 Å². The van der Waals surface area contributed by atoms with Crippen molar-refractivity contribution in [3.8, 4) is 28.3 Å². The second kappa shape index (κ2) is 13.2. The molecule has 7 heteroatoms. The molecule has 7 nitrogen and oxygen atoms in total. The Hall–Kier alpha value is -5.56. The summed E-state index contributed by atoms with van der Waals surface area (Å²) in [6.45, 7) is 13.0. The van der Waals surface area contributed by atoms with E-state index >= 15 is 0 Å². The van der Waals surface area contributed by atoms with E-state index in [2.05, 4.69) is 76.0 Å². The predicted molar refractivity (Wildman–Crippen MR) is 196 cm³/mol. The van der Waals surface area contributed by atoms with Gasteiger partial charge < -0.3 is 14.3 Å². The summed E-state index contributed by atoms with van der Waals surface area (Å²) >= 11 is 0. The highest BCUT2D eigenvalue weighted by molar-refractivity contribution is 6.05. The first-order chi connectivity index (χ1) is 23.2. The first-order valence-electron chi connectivity index (χ1n) is 16.5. The lowest BCUT2D eigenvalue weighted by Gasteiger charge is -2.19. The Kier molecular flexibility index (Phi) is 8.95. The van der Waals surface area contributed by atoms with E-state index in [0.717, 1.165) is 27.8 Å². The minimum atomic E-state index is -0.105. The topological polar surface area (TPSA) is 116 Å². The van der Waals surface area contributed by atoms with Gasteiger partial charge in [0.05, 0.1) is 5.92 Å². The van der Waals surface area contributed by atoms with E-state index in [0.29, 0.717) is 29.3 Å². The van der Waals surface area contributed by atoms with E-state index in [4.69, 9.17) is 20.0 Å². The van der Waals surface area contributed by atoms with E-state index in [1.54, 1.807) is 24.3 Å². The summed E-state index contributed by atoms with van der Waals surface area (Å²) < 4.78 is 11.7. The second-order valence-electron chi connectivity index (χ2n) is 14.6. The number of allylic oxidation sites excluding steroid dienone is 4. The fourth-order valence-electron chi connectivity index (χ4n) is 5.73. The summed E-state index contributed by atoms with van der Waals surface area (Å²) in [7, 11) is 0. The SMILES string of the molecule is CC(C)(C)c1ccc(C(=N)OC(=N)c2ccc(-c3cc(O)cc(C4=CCC(c5nnc(-c6ccc(C(C)(C)C)cc6)o5)C=C4)c3)cc2)cc1. The molecule has 1 aliphatic carbocycles. The fraction of sp³-hybridized carbons (Fsp3) is 0.238. The molecule has 1 unspecified atom stereocenters. The number of phenolic OH excluding ortho intramolecular Hbond substituents is 1. The molecule has 5 aromatic rings. The van der Waals surface area contributed by atoms with Crippen molar-refractivity contribution in [3.63, 3.8) is 0 Å². The standard InChI is InChI=1S/C42H42N4O3/c1-41(2,3)34-19-15-29(16-20-34)38(44)48-37(43)28-11-7-26(8-12-28)32-23-33(25-36(47)24-32)27-9-13-30(14-10-27)39-45-46-40(49-39)31-17-21-35(22-18-31)42(4,5)6/h7-13,15-25,30,43-44,47H,14H2,1-6H3. The molecule has 0 amide bonds. The highest BCUT2D eigenvalue weighted by atomic mass is 16.5. The van der Waals surface area contributed by atoms with Gasteiger partial charge in [0.2, 0.25) is 23.6 Å². The highest BCUT2D eigenvalue weighted by Crippen LogP contribution is 2.35. The average molecular weight is 651 g/mol. The van der Waals surface area contributed by atoms with Gasteiger partial charge in [-0.1, -0.05) is 96.2 Å². The summed E-state index contributed by atoms with van der Waals surface area (Å²) in [5, 5.41) is 36.1. The molecule has 1 atom stereocenters. The van der Waals surface area contributed by atoms with Crippen LogP contribution in [0.3, 0.4) is 0 Å². The van der Waals surface area contributed by atoms with Gasteiger partial charge in [-0.2, -0.15) is 0 Å². The molecule has 0 spiro atoms. The third-order valence-corrected chi connectivity index (χ3v) is 8.80. The molecular formula is C42H42N4O3. The molecule has 6 rings (SSSR count). The Balaban J connectivity index is 1.11. The maximum absolute atomic E-state index is 10.6. The molecule has 0 saturated heterocycles. The first-order valence-corrected chi connectivity index (χ1v) is 16.5. The van der Waals surface area contributed by atoms with Crippen molar-refractivity contribution in [2.24, 2.45) is 0 Å². The summed E-state index contributed by atoms with van der Waals surface area (Å²) in [6.07, 6.45) is 6.91. The predicted octanol–water partition coefficient (Wildman–Crippen LogP) is 10.2. The van der Waals surface area contributed by atoms with Crippen LogP contribution in [0.15, 0.2) is 114 Å². The monoisotopic (exact) mass is 650 g/mol. The molecule has 1 heterocycles. The Morgan fingerprint density at radius 3 is 1.78 bits per heavy atom. The van der Waals surface area contributed by atoms with Crippen molar-refractivity contribution in [1.29, 1.82) is 10.8 Å². The van der Waals surface area contributed by atoms with Crippen LogP contribution in [0.2, 0.25) is 0 Å². The van der Waals surface area contributed by atoms with E-state index in [-0.39, 0.29) is 34.3 Å². The molecule has 1 aliphatic rings. The van der Waals surface area contributed by atoms with Gasteiger partial charge >= 0.3 is 0 Å². The third-order valence-electron chi connectivity index (χ3n) is 8.80. The summed E-state index contributed by atoms with van der Waals surface area (Å²) in [5.41, 5.74) is 8.17. The van der Waals surface area contributed by atoms with Crippen molar-refractivity contribution in [3.05, 3.63) is 143 Å². The zero-order valence-corrected chi connectivity index (χ0v) is 28.8. The zero-order chi connectivity index (χ0) is 34.9. The van der Waals surface area contributed by atoms with E-state index < -0.39 is 0 Å². The number of ether oxygens (including phenoxy) is 1. The van der Waals surface area contributed by atoms with Crippen molar-refractivity contribution in [1.82, 2.24) is 10.2 Å². The van der Waals surface area contributed by atoms with Gasteiger partial charge in [0.1, 0.15) is 5.75 Å². The largest absolute Gasteiger partial charge is 0.508 e. The quantitative estimate of drug-likeness (QED) is 0.125. The van der Waals surface area contributed by atoms with Gasteiger partial charge in [0.15, 0.2) is 0 Å². The normalized spacial score (nSPS) is 14.7. The number of phenols is 1. The molecule has 3 N–H and O–H groups in total. The number of nitrogens with zero attached hydrogens (tertiary/aromatic N) is 2. The van der Waals surface area contributed by atoms with E-state index in [9.17, 15) is 5.11 Å². The number of hydrogen-bond acceptors (Lipinski definition) is 7. The van der Waals surface area contributed by atoms with Crippen LogP contribution >= 0.6 is 0 Å². The minimum absolute atomic E-state index is 0.0147. The first kappa shape index (κ1) is 33.3. The number of aromatic hydroxyl groups is 1. The number of hydrogen-bond donors (Lipinski definition) is 3. The summed E-state index contributed by atoms with van der Waals surface area (Å²) in [5.74, 6) is 1.02. The van der Waals surface area contributed by atoms with Crippen LogP contribution in [-0.4, -0.2) is 27.1 Å². The Bertz CT molecular complexity index is 2060. The van der Waals surface area contributed by atoms with Gasteiger partial charge in [0, 0.05) is 16.7 Å². The van der Waals surface area contributed by atoms with Crippen LogP contribution < -0.4 is 0 Å². The maximum Gasteiger partial charge on any atom is 0.247 e. The zero-order valence-electron chi connectivity index (χ0n) is 28.8. The molecule has 0 radical (unpaired) electrons. The molecule has 0 bridgehead atoms. The van der Waals surface area contributed by atoms with Crippen molar-refractivity contribution < 1.29 is 14.3 Å². The van der Waals surface area contributed by atoms with Crippen LogP contribution in [0.1, 0.15) is 87.6 Å². The third kappa shape index (κ3) is 7.62. The summed E-state index contributed by atoms with van der Waals surface area (Å²) in [4.78, 5) is 0. The van der Waals surface area contributed by atoms with Gasteiger partial charge in [-0.15, -0.1) is 10.2 Å². The van der Waals surface area contributed by atoms with Gasteiger partial charge in [0.25, 0.3) is 0 Å². The molecule has 1 aromatic heterocycles. The highest BCUT2D eigenvalue weighted by Gasteiger charge is 2.21. The lowest BCUT2D eigenvalue weighted by molar-refractivity contribution is 0.475. The molecule has 4 aromatic carbocycles. The van der Waals surface area contributed by atoms with Gasteiger partial charge in [-0.3, -0.25) is 10.8 Å². The fourth-order valence-corrected chi connectivity index (χ4v) is 5.73. The van der Waals surface area contributed by atoms with Crippen molar-refractivity contribution in [2.45, 2.75) is 64.7 Å². The lowest BCUT2D eigenvalue weighted by Crippen LogP contribution is -2.14. The minimum Gasteiger partial charge on any atom is -0.508 e. The van der Waals surface area contributed by atoms with Crippen molar-refractivity contribution in [2.75, 3.05) is 0 Å². The van der Waals surface area contributed by atoms with Crippen LogP contribution in [0.5, 0.6) is 5.75 Å². The molecule has 0 aliphatic heterocycles. The number of aromatic nitrogens is 2. The number of nitrogens with one attached hydrogen (secondary N) is 2. The average Bonchev–Trinajstić information content (AvgIpc) is 3.58. The second-order valence-corrected chi connectivity index (χ2v) is 14.6. The van der Waals surface area contributed by atoms with Crippen LogP contribution in [0, 0.1) is 10.8 Å². The van der Waals surface area contributed by atoms with Crippen LogP contribution in [-0.2, 0) is 15.6 Å². The Morgan fingerprint density at radius 2 is 1.22 bits per heavy atom. The van der Waals surface area contributed by atoms with Crippen molar-refractivity contribution >= 4 is 17.4 Å². The maximum atomic E-state index is 10.6. The lowest BCUT2D eigenvalue weighted by atomic mass is 9.87. The van der Waals surface area contributed by atoms with Crippen LogP contribution in [0.4, 0.5) is 0 Å². The number of rotatable bonds is 6. The molecule has 49 heavy (non-hydrogen) atoms. The smallest absolute Gasteiger partial charge is 0.247 e. The molecule has 0 fully saturated rings. The van der Waals surface area contributed by atoms with Crippen LogP contribution in [0.25, 0.3) is 28.2 Å². The molecular weight excluding hydrogens is 608 g/mol. The van der Waals surface area contributed by atoms with E-state index in [1.807, 2.05) is 60.7 Å².